The van der Waals surface area contributed by atoms with Crippen LogP contribution in [0.3, 0.4) is 0 Å². The summed E-state index contributed by atoms with van der Waals surface area (Å²) in [6, 6.07) is 11.4. The van der Waals surface area contributed by atoms with Crippen LogP contribution in [0.4, 0.5) is 11.4 Å². The van der Waals surface area contributed by atoms with E-state index < -0.39 is 0 Å². The second-order valence-electron chi connectivity index (χ2n) is 4.70. The predicted octanol–water partition coefficient (Wildman–Crippen LogP) is 2.77. The van der Waals surface area contributed by atoms with Crippen molar-refractivity contribution < 1.29 is 9.21 Å². The highest BCUT2D eigenvalue weighted by molar-refractivity contribution is 6.06. The highest BCUT2D eigenvalue weighted by Crippen LogP contribution is 2.32. The summed E-state index contributed by atoms with van der Waals surface area (Å²) in [7, 11) is 2.06. The molecule has 0 unspecified atom stereocenters. The van der Waals surface area contributed by atoms with E-state index in [0.29, 0.717) is 12.3 Å². The first-order chi connectivity index (χ1) is 9.27. The van der Waals surface area contributed by atoms with Crippen molar-refractivity contribution >= 4 is 17.3 Å². The van der Waals surface area contributed by atoms with Crippen LogP contribution in [0, 0.1) is 0 Å². The van der Waals surface area contributed by atoms with Crippen LogP contribution in [0.2, 0.25) is 0 Å². The maximum absolute atomic E-state index is 12.5. The molecule has 2 aromatic rings. The number of carbonyl (C=O) groups is 1. The van der Waals surface area contributed by atoms with Crippen LogP contribution in [0.25, 0.3) is 0 Å². The third-order valence-electron chi connectivity index (χ3n) is 3.44. The lowest BCUT2D eigenvalue weighted by Gasteiger charge is -2.23. The van der Waals surface area contributed by atoms with Crippen LogP contribution in [0.15, 0.2) is 47.1 Å². The van der Waals surface area contributed by atoms with Crippen LogP contribution in [-0.4, -0.2) is 26.0 Å². The van der Waals surface area contributed by atoms with E-state index >= 15 is 0 Å². The molecule has 0 radical (unpaired) electrons. The van der Waals surface area contributed by atoms with Crippen molar-refractivity contribution in [3.05, 3.63) is 48.4 Å². The first-order valence-electron chi connectivity index (χ1n) is 6.43. The van der Waals surface area contributed by atoms with Gasteiger partial charge < -0.3 is 14.2 Å². The molecule has 19 heavy (non-hydrogen) atoms. The molecule has 1 aliphatic rings. The van der Waals surface area contributed by atoms with Crippen LogP contribution < -0.4 is 9.80 Å². The fourth-order valence-corrected chi connectivity index (χ4v) is 2.47. The molecule has 4 heteroatoms. The van der Waals surface area contributed by atoms with Crippen LogP contribution in [0.5, 0.6) is 0 Å². The zero-order chi connectivity index (χ0) is 13.2. The molecule has 1 aliphatic heterocycles. The summed E-state index contributed by atoms with van der Waals surface area (Å²) in [6.07, 6.45) is 2.47. The molecule has 0 aliphatic carbocycles. The summed E-state index contributed by atoms with van der Waals surface area (Å²) >= 11 is 0. The van der Waals surface area contributed by atoms with Gasteiger partial charge in [0.1, 0.15) is 0 Å². The Morgan fingerprint density at radius 1 is 1.11 bits per heavy atom. The Kier molecular flexibility index (Phi) is 2.99. The average Bonchev–Trinajstić information content (AvgIpc) is 2.91. The average molecular weight is 256 g/mol. The van der Waals surface area contributed by atoms with Crippen molar-refractivity contribution in [3.8, 4) is 0 Å². The molecular formula is C15H16N2O2. The van der Waals surface area contributed by atoms with Gasteiger partial charge in [0.15, 0.2) is 5.76 Å². The third kappa shape index (κ3) is 2.10. The molecule has 3 rings (SSSR count). The van der Waals surface area contributed by atoms with Crippen molar-refractivity contribution in [2.24, 2.45) is 0 Å². The first kappa shape index (κ1) is 11.8. The lowest BCUT2D eigenvalue weighted by Crippen LogP contribution is -2.31. The summed E-state index contributed by atoms with van der Waals surface area (Å²) in [5.41, 5.74) is 2.03. The number of rotatable bonds is 1. The molecule has 0 bridgehead atoms. The minimum atomic E-state index is -0.0762. The Balaban J connectivity index is 2.02. The summed E-state index contributed by atoms with van der Waals surface area (Å²) in [4.78, 5) is 16.5. The number of carbonyl (C=O) groups excluding carboxylic acids is 1. The molecule has 0 spiro atoms. The Labute approximate surface area is 112 Å². The van der Waals surface area contributed by atoms with Gasteiger partial charge in [0.2, 0.25) is 0 Å². The van der Waals surface area contributed by atoms with Gasteiger partial charge in [-0.3, -0.25) is 4.79 Å². The first-order valence-corrected chi connectivity index (χ1v) is 6.43. The van der Waals surface area contributed by atoms with Crippen molar-refractivity contribution in [3.63, 3.8) is 0 Å². The van der Waals surface area contributed by atoms with Crippen LogP contribution in [0.1, 0.15) is 17.0 Å². The maximum Gasteiger partial charge on any atom is 0.294 e. The van der Waals surface area contributed by atoms with E-state index in [-0.39, 0.29) is 5.91 Å². The fraction of sp³-hybridized carbons (Fsp3) is 0.267. The SMILES string of the molecule is CN1CCCN(C(=O)c2ccco2)c2ccccc21. The zero-order valence-corrected chi connectivity index (χ0v) is 10.9. The molecular weight excluding hydrogens is 240 g/mol. The zero-order valence-electron chi connectivity index (χ0n) is 10.9. The number of hydrogen-bond acceptors (Lipinski definition) is 3. The number of furan rings is 1. The molecule has 0 atom stereocenters. The van der Waals surface area contributed by atoms with E-state index in [2.05, 4.69) is 11.9 Å². The highest BCUT2D eigenvalue weighted by Gasteiger charge is 2.25. The highest BCUT2D eigenvalue weighted by atomic mass is 16.3. The van der Waals surface area contributed by atoms with E-state index in [1.807, 2.05) is 24.3 Å². The summed E-state index contributed by atoms with van der Waals surface area (Å²) < 4.78 is 5.23. The lowest BCUT2D eigenvalue weighted by atomic mass is 10.2. The summed E-state index contributed by atoms with van der Waals surface area (Å²) in [5.74, 6) is 0.312. The standard InChI is InChI=1S/C15H16N2O2/c1-16-9-5-10-17(13-7-3-2-6-12(13)16)15(18)14-8-4-11-19-14/h2-4,6-8,11H,5,9-10H2,1H3. The van der Waals surface area contributed by atoms with Crippen molar-refractivity contribution in [2.45, 2.75) is 6.42 Å². The number of hydrogen-bond donors (Lipinski definition) is 0. The van der Waals surface area contributed by atoms with Gasteiger partial charge in [-0.2, -0.15) is 0 Å². The number of benzene rings is 1. The summed E-state index contributed by atoms with van der Waals surface area (Å²) in [5, 5.41) is 0. The van der Waals surface area contributed by atoms with E-state index in [4.69, 9.17) is 4.42 Å². The Bertz CT molecular complexity index is 578. The largest absolute Gasteiger partial charge is 0.459 e. The van der Waals surface area contributed by atoms with Crippen molar-refractivity contribution in [1.29, 1.82) is 0 Å². The second-order valence-corrected chi connectivity index (χ2v) is 4.70. The molecule has 4 nitrogen and oxygen atoms in total. The van der Waals surface area contributed by atoms with Gasteiger partial charge >= 0.3 is 0 Å². The van der Waals surface area contributed by atoms with E-state index in [0.717, 1.165) is 24.3 Å². The van der Waals surface area contributed by atoms with E-state index in [1.54, 1.807) is 17.0 Å². The third-order valence-corrected chi connectivity index (χ3v) is 3.44. The molecule has 2 heterocycles. The molecule has 0 N–H and O–H groups in total. The Morgan fingerprint density at radius 2 is 1.89 bits per heavy atom. The molecule has 1 amide bonds. The Morgan fingerprint density at radius 3 is 2.63 bits per heavy atom. The van der Waals surface area contributed by atoms with Gasteiger partial charge in [0, 0.05) is 20.1 Å². The topological polar surface area (TPSA) is 36.7 Å². The minimum Gasteiger partial charge on any atom is -0.459 e. The Hall–Kier alpha value is -2.23. The van der Waals surface area contributed by atoms with Gasteiger partial charge in [0.25, 0.3) is 5.91 Å². The fourth-order valence-electron chi connectivity index (χ4n) is 2.47. The molecule has 1 aromatic heterocycles. The van der Waals surface area contributed by atoms with E-state index in [9.17, 15) is 4.79 Å². The number of nitrogens with zero attached hydrogens (tertiary/aromatic N) is 2. The quantitative estimate of drug-likeness (QED) is 0.787. The molecule has 98 valence electrons. The molecule has 1 aromatic carbocycles. The smallest absolute Gasteiger partial charge is 0.294 e. The number of anilines is 2. The van der Waals surface area contributed by atoms with Gasteiger partial charge in [-0.1, -0.05) is 12.1 Å². The van der Waals surface area contributed by atoms with Crippen molar-refractivity contribution in [2.75, 3.05) is 29.9 Å². The van der Waals surface area contributed by atoms with Gasteiger partial charge in [0.05, 0.1) is 17.6 Å². The predicted molar refractivity (Wildman–Crippen MR) is 74.7 cm³/mol. The molecule has 0 saturated heterocycles. The van der Waals surface area contributed by atoms with Crippen LogP contribution in [-0.2, 0) is 0 Å². The maximum atomic E-state index is 12.5. The van der Waals surface area contributed by atoms with Crippen molar-refractivity contribution in [1.82, 2.24) is 0 Å². The number of para-hydroxylation sites is 2. The van der Waals surface area contributed by atoms with E-state index in [1.165, 1.54) is 6.26 Å². The molecule has 0 saturated carbocycles. The number of fused-ring (bicyclic) bond motifs is 1. The normalized spacial score (nSPS) is 15.0. The number of amides is 1. The van der Waals surface area contributed by atoms with Gasteiger partial charge in [-0.25, -0.2) is 0 Å². The van der Waals surface area contributed by atoms with Gasteiger partial charge in [-0.05, 0) is 30.7 Å². The second kappa shape index (κ2) is 4.80. The monoisotopic (exact) mass is 256 g/mol. The molecule has 0 fully saturated rings. The lowest BCUT2D eigenvalue weighted by molar-refractivity contribution is 0.0960. The minimum absolute atomic E-state index is 0.0762. The van der Waals surface area contributed by atoms with Gasteiger partial charge in [-0.15, -0.1) is 0 Å². The van der Waals surface area contributed by atoms with Crippen LogP contribution >= 0.6 is 0 Å². The summed E-state index contributed by atoms with van der Waals surface area (Å²) in [6.45, 7) is 1.65.